The van der Waals surface area contributed by atoms with Crippen molar-refractivity contribution in [2.45, 2.75) is 0 Å². The van der Waals surface area contributed by atoms with Crippen LogP contribution in [-0.4, -0.2) is 10.9 Å². The molecule has 0 atom stereocenters. The normalized spacial score (nSPS) is 10.7. The van der Waals surface area contributed by atoms with Crippen LogP contribution in [0.15, 0.2) is 78.9 Å². The molecule has 0 unspecified atom stereocenters. The molecule has 27 heavy (non-hydrogen) atoms. The third kappa shape index (κ3) is 3.43. The third-order valence-corrected chi connectivity index (χ3v) is 4.33. The van der Waals surface area contributed by atoms with Crippen molar-refractivity contribution in [1.82, 2.24) is 4.98 Å². The highest BCUT2D eigenvalue weighted by Gasteiger charge is 2.15. The lowest BCUT2D eigenvalue weighted by atomic mass is 10.0. The lowest BCUT2D eigenvalue weighted by Gasteiger charge is -2.11. The Hall–Kier alpha value is -3.86. The molecular formula is C22H18N4O. The van der Waals surface area contributed by atoms with E-state index in [1.807, 2.05) is 54.6 Å². The molecule has 0 saturated heterocycles. The van der Waals surface area contributed by atoms with E-state index in [4.69, 9.17) is 11.5 Å². The van der Waals surface area contributed by atoms with Gasteiger partial charge in [-0.2, -0.15) is 0 Å². The molecule has 3 aromatic carbocycles. The van der Waals surface area contributed by atoms with Crippen molar-refractivity contribution >= 4 is 33.7 Å². The Morgan fingerprint density at radius 3 is 2.15 bits per heavy atom. The summed E-state index contributed by atoms with van der Waals surface area (Å²) in [5, 5.41) is 4.63. The summed E-state index contributed by atoms with van der Waals surface area (Å²) in [6, 6.07) is 24.1. The SMILES string of the molecule is Nc1ccc(NC(=O)c2nc(-c3ccc(N)cc3)cc3ccccc23)cc1. The average Bonchev–Trinajstić information content (AvgIpc) is 2.69. The molecule has 1 heterocycles. The van der Waals surface area contributed by atoms with Gasteiger partial charge in [0.25, 0.3) is 5.91 Å². The molecule has 0 spiro atoms. The molecule has 1 amide bonds. The highest BCUT2D eigenvalue weighted by molar-refractivity contribution is 6.12. The van der Waals surface area contributed by atoms with Gasteiger partial charge in [0.1, 0.15) is 5.69 Å². The van der Waals surface area contributed by atoms with Crippen LogP contribution in [0.4, 0.5) is 17.1 Å². The molecule has 0 fully saturated rings. The van der Waals surface area contributed by atoms with Crippen LogP contribution in [-0.2, 0) is 0 Å². The van der Waals surface area contributed by atoms with Gasteiger partial charge in [-0.15, -0.1) is 0 Å². The number of nitrogens with zero attached hydrogens (tertiary/aromatic N) is 1. The second-order valence-electron chi connectivity index (χ2n) is 6.28. The van der Waals surface area contributed by atoms with Gasteiger partial charge in [-0.25, -0.2) is 4.98 Å². The van der Waals surface area contributed by atoms with E-state index >= 15 is 0 Å². The monoisotopic (exact) mass is 354 g/mol. The van der Waals surface area contributed by atoms with E-state index in [2.05, 4.69) is 10.3 Å². The first-order chi connectivity index (χ1) is 13.1. The maximum absolute atomic E-state index is 12.9. The molecule has 4 rings (SSSR count). The number of carbonyl (C=O) groups excluding carboxylic acids is 1. The molecule has 0 bridgehead atoms. The Kier molecular flexibility index (Phi) is 4.18. The number of amides is 1. The number of fused-ring (bicyclic) bond motifs is 1. The molecule has 0 aliphatic heterocycles. The quantitative estimate of drug-likeness (QED) is 0.478. The minimum atomic E-state index is -0.270. The highest BCUT2D eigenvalue weighted by Crippen LogP contribution is 2.26. The summed E-state index contributed by atoms with van der Waals surface area (Å²) in [4.78, 5) is 17.6. The largest absolute Gasteiger partial charge is 0.399 e. The molecule has 0 aliphatic rings. The van der Waals surface area contributed by atoms with Crippen molar-refractivity contribution < 1.29 is 4.79 Å². The van der Waals surface area contributed by atoms with E-state index in [9.17, 15) is 4.79 Å². The van der Waals surface area contributed by atoms with Crippen LogP contribution in [0, 0.1) is 0 Å². The zero-order valence-corrected chi connectivity index (χ0v) is 14.5. The number of nitrogens with two attached hydrogens (primary N) is 2. The zero-order chi connectivity index (χ0) is 18.8. The van der Waals surface area contributed by atoms with Crippen molar-refractivity contribution in [3.05, 3.63) is 84.6 Å². The topological polar surface area (TPSA) is 94.0 Å². The minimum Gasteiger partial charge on any atom is -0.399 e. The molecule has 5 N–H and O–H groups in total. The second-order valence-corrected chi connectivity index (χ2v) is 6.28. The van der Waals surface area contributed by atoms with Crippen LogP contribution >= 0.6 is 0 Å². The number of nitrogen functional groups attached to an aromatic ring is 2. The van der Waals surface area contributed by atoms with Crippen LogP contribution in [0.25, 0.3) is 22.0 Å². The summed E-state index contributed by atoms with van der Waals surface area (Å²) in [5.74, 6) is -0.270. The van der Waals surface area contributed by atoms with Crippen molar-refractivity contribution in [3.63, 3.8) is 0 Å². The van der Waals surface area contributed by atoms with E-state index < -0.39 is 0 Å². The number of nitrogens with one attached hydrogen (secondary N) is 1. The van der Waals surface area contributed by atoms with E-state index in [1.165, 1.54) is 0 Å². The van der Waals surface area contributed by atoms with E-state index in [0.717, 1.165) is 22.0 Å². The summed E-state index contributed by atoms with van der Waals surface area (Å²) in [7, 11) is 0. The Bertz CT molecular complexity index is 1120. The number of pyridine rings is 1. The average molecular weight is 354 g/mol. The molecule has 132 valence electrons. The fourth-order valence-corrected chi connectivity index (χ4v) is 2.93. The van der Waals surface area contributed by atoms with Gasteiger partial charge in [-0.05, 0) is 47.9 Å². The number of carbonyl (C=O) groups is 1. The fraction of sp³-hybridized carbons (Fsp3) is 0. The predicted molar refractivity (Wildman–Crippen MR) is 110 cm³/mol. The molecule has 5 heteroatoms. The molecule has 0 saturated carbocycles. The van der Waals surface area contributed by atoms with E-state index in [-0.39, 0.29) is 5.91 Å². The number of hydrogen-bond acceptors (Lipinski definition) is 4. The zero-order valence-electron chi connectivity index (χ0n) is 14.5. The van der Waals surface area contributed by atoms with E-state index in [0.29, 0.717) is 22.8 Å². The van der Waals surface area contributed by atoms with Crippen LogP contribution in [0.5, 0.6) is 0 Å². The first kappa shape index (κ1) is 16.6. The Morgan fingerprint density at radius 1 is 0.815 bits per heavy atom. The lowest BCUT2D eigenvalue weighted by molar-refractivity contribution is 0.102. The Labute approximate surface area is 156 Å². The summed E-state index contributed by atoms with van der Waals surface area (Å²) in [5.41, 5.74) is 15.5. The summed E-state index contributed by atoms with van der Waals surface area (Å²) >= 11 is 0. The molecule has 0 aliphatic carbocycles. The molecule has 1 aromatic heterocycles. The maximum atomic E-state index is 12.9. The predicted octanol–water partition coefficient (Wildman–Crippen LogP) is 4.32. The number of anilines is 3. The van der Waals surface area contributed by atoms with Gasteiger partial charge in [-0.3, -0.25) is 4.79 Å². The summed E-state index contributed by atoms with van der Waals surface area (Å²) in [6.45, 7) is 0. The molecule has 0 radical (unpaired) electrons. The third-order valence-electron chi connectivity index (χ3n) is 4.33. The van der Waals surface area contributed by atoms with Crippen LogP contribution in [0.3, 0.4) is 0 Å². The van der Waals surface area contributed by atoms with E-state index in [1.54, 1.807) is 24.3 Å². The number of benzene rings is 3. The standard InChI is InChI=1S/C22H18N4O/c23-16-7-5-14(6-8-16)20-13-15-3-1-2-4-19(15)21(26-20)22(27)25-18-11-9-17(24)10-12-18/h1-13H,23-24H2,(H,25,27). The van der Waals surface area contributed by atoms with Gasteiger partial charge < -0.3 is 16.8 Å². The van der Waals surface area contributed by atoms with Crippen molar-refractivity contribution in [2.75, 3.05) is 16.8 Å². The van der Waals surface area contributed by atoms with Crippen LogP contribution in [0.1, 0.15) is 10.5 Å². The fourth-order valence-electron chi connectivity index (χ4n) is 2.93. The van der Waals surface area contributed by atoms with Gasteiger partial charge in [0, 0.05) is 28.0 Å². The van der Waals surface area contributed by atoms with Gasteiger partial charge in [0.2, 0.25) is 0 Å². The number of hydrogen-bond donors (Lipinski definition) is 3. The highest BCUT2D eigenvalue weighted by atomic mass is 16.1. The molecular weight excluding hydrogens is 336 g/mol. The maximum Gasteiger partial charge on any atom is 0.274 e. The number of aromatic nitrogens is 1. The first-order valence-electron chi connectivity index (χ1n) is 8.53. The number of rotatable bonds is 3. The van der Waals surface area contributed by atoms with Crippen molar-refractivity contribution in [1.29, 1.82) is 0 Å². The lowest BCUT2D eigenvalue weighted by Crippen LogP contribution is -2.14. The van der Waals surface area contributed by atoms with Crippen molar-refractivity contribution in [3.8, 4) is 11.3 Å². The molecule has 5 nitrogen and oxygen atoms in total. The van der Waals surface area contributed by atoms with Gasteiger partial charge in [0.15, 0.2) is 0 Å². The smallest absolute Gasteiger partial charge is 0.274 e. The van der Waals surface area contributed by atoms with Gasteiger partial charge >= 0.3 is 0 Å². The second kappa shape index (κ2) is 6.80. The summed E-state index contributed by atoms with van der Waals surface area (Å²) < 4.78 is 0. The first-order valence-corrected chi connectivity index (χ1v) is 8.53. The summed E-state index contributed by atoms with van der Waals surface area (Å²) in [6.07, 6.45) is 0. The van der Waals surface area contributed by atoms with Gasteiger partial charge in [0.05, 0.1) is 5.69 Å². The molecule has 4 aromatic rings. The minimum absolute atomic E-state index is 0.270. The van der Waals surface area contributed by atoms with Crippen LogP contribution in [0.2, 0.25) is 0 Å². The Balaban J connectivity index is 1.79. The van der Waals surface area contributed by atoms with Gasteiger partial charge in [-0.1, -0.05) is 36.4 Å². The van der Waals surface area contributed by atoms with Crippen molar-refractivity contribution in [2.24, 2.45) is 0 Å². The Morgan fingerprint density at radius 2 is 1.44 bits per heavy atom. The van der Waals surface area contributed by atoms with Crippen LogP contribution < -0.4 is 16.8 Å².